The highest BCUT2D eigenvalue weighted by Crippen LogP contribution is 2.44. The molecule has 1 saturated carbocycles. The van der Waals surface area contributed by atoms with E-state index in [1.54, 1.807) is 9.58 Å². The van der Waals surface area contributed by atoms with Crippen LogP contribution < -0.4 is 5.56 Å². The van der Waals surface area contributed by atoms with Gasteiger partial charge in [-0.05, 0) is 51.8 Å². The predicted octanol–water partition coefficient (Wildman–Crippen LogP) is 4.83. The normalized spacial score (nSPS) is 22.3. The topological polar surface area (TPSA) is 32.9 Å². The van der Waals surface area contributed by atoms with Crippen molar-refractivity contribution in [2.75, 3.05) is 0 Å². The lowest BCUT2D eigenvalue weighted by Gasteiger charge is -2.41. The Bertz CT molecular complexity index is 691. The van der Waals surface area contributed by atoms with Crippen LogP contribution in [0.15, 0.2) is 44.8 Å². The Kier molecular flexibility index (Phi) is 4.81. The summed E-state index contributed by atoms with van der Waals surface area (Å²) in [4.78, 5) is 15.0. The quantitative estimate of drug-likeness (QED) is 0.713. The van der Waals surface area contributed by atoms with E-state index in [0.29, 0.717) is 5.92 Å². The van der Waals surface area contributed by atoms with Crippen LogP contribution in [0, 0.1) is 5.92 Å². The molecule has 0 saturated heterocycles. The fraction of sp³-hybridized carbons (Fsp3) is 0.474. The highest BCUT2D eigenvalue weighted by atomic mass is 127. The third-order valence-electron chi connectivity index (χ3n) is 5.08. The minimum absolute atomic E-state index is 0.0121. The number of rotatable bonds is 3. The summed E-state index contributed by atoms with van der Waals surface area (Å²) in [6.45, 7) is 4.54. The lowest BCUT2D eigenvalue weighted by molar-refractivity contribution is 0.275. The lowest BCUT2D eigenvalue weighted by atomic mass is 9.66. The lowest BCUT2D eigenvalue weighted by Crippen LogP contribution is -2.41. The zero-order valence-electron chi connectivity index (χ0n) is 13.4. The second kappa shape index (κ2) is 6.65. The average molecular weight is 409 g/mol. The molecule has 1 atom stereocenters. The minimum atomic E-state index is -0.0981. The highest BCUT2D eigenvalue weighted by Gasteiger charge is 2.40. The Balaban J connectivity index is 2.09. The van der Waals surface area contributed by atoms with Crippen molar-refractivity contribution in [2.24, 2.45) is 5.92 Å². The Morgan fingerprint density at radius 2 is 1.95 bits per heavy atom. The SMILES string of the molecule is CC1=CI=C(C(C)(c2cccc(=O)[nH]2)C2CCCCC2)C=C1. The van der Waals surface area contributed by atoms with E-state index >= 15 is 0 Å². The molecule has 0 radical (unpaired) electrons. The van der Waals surface area contributed by atoms with Gasteiger partial charge in [0, 0.05) is 17.2 Å². The van der Waals surface area contributed by atoms with E-state index in [0.717, 1.165) is 5.69 Å². The first-order valence-electron chi connectivity index (χ1n) is 8.16. The first-order valence-corrected chi connectivity index (χ1v) is 10.5. The molecule has 1 aromatic heterocycles. The molecule has 118 valence electrons. The molecule has 3 rings (SSSR count). The van der Waals surface area contributed by atoms with Gasteiger partial charge < -0.3 is 4.98 Å². The van der Waals surface area contributed by atoms with Gasteiger partial charge >= 0.3 is 0 Å². The molecule has 22 heavy (non-hydrogen) atoms. The van der Waals surface area contributed by atoms with Crippen molar-refractivity contribution in [3.8, 4) is 0 Å². The Morgan fingerprint density at radius 1 is 1.18 bits per heavy atom. The number of hydrogen-bond acceptors (Lipinski definition) is 1. The van der Waals surface area contributed by atoms with Crippen LogP contribution in [0.5, 0.6) is 0 Å². The summed E-state index contributed by atoms with van der Waals surface area (Å²) in [6, 6.07) is 5.64. The number of H-pyrrole nitrogens is 1. The second-order valence-electron chi connectivity index (χ2n) is 6.61. The smallest absolute Gasteiger partial charge is 0.248 e. The largest absolute Gasteiger partial charge is 0.325 e. The van der Waals surface area contributed by atoms with Crippen molar-refractivity contribution in [2.45, 2.75) is 51.4 Å². The summed E-state index contributed by atoms with van der Waals surface area (Å²) in [5.74, 6) is 0.644. The molecular weight excluding hydrogens is 385 g/mol. The summed E-state index contributed by atoms with van der Waals surface area (Å²) < 4.78 is 3.96. The maximum atomic E-state index is 11.9. The molecule has 0 bridgehead atoms. The number of aromatic nitrogens is 1. The monoisotopic (exact) mass is 409 g/mol. The molecule has 1 aromatic rings. The molecule has 1 aliphatic heterocycles. The van der Waals surface area contributed by atoms with E-state index in [1.807, 2.05) is 6.07 Å². The third-order valence-corrected chi connectivity index (χ3v) is 8.53. The molecule has 1 aliphatic carbocycles. The fourth-order valence-corrected chi connectivity index (χ4v) is 6.48. The van der Waals surface area contributed by atoms with Gasteiger partial charge in [-0.2, -0.15) is 0 Å². The van der Waals surface area contributed by atoms with Crippen LogP contribution in [-0.2, 0) is 5.41 Å². The number of aromatic amines is 1. The molecule has 0 amide bonds. The molecule has 2 heterocycles. The van der Waals surface area contributed by atoms with E-state index in [4.69, 9.17) is 0 Å². The van der Waals surface area contributed by atoms with Crippen molar-refractivity contribution in [3.63, 3.8) is 0 Å². The fourth-order valence-electron chi connectivity index (χ4n) is 3.68. The van der Waals surface area contributed by atoms with Crippen molar-refractivity contribution in [1.82, 2.24) is 4.98 Å². The van der Waals surface area contributed by atoms with E-state index < -0.39 is 0 Å². The van der Waals surface area contributed by atoms with Crippen molar-refractivity contribution in [3.05, 3.63) is 56.1 Å². The van der Waals surface area contributed by atoms with E-state index in [9.17, 15) is 4.79 Å². The Morgan fingerprint density at radius 3 is 2.59 bits per heavy atom. The predicted molar refractivity (Wildman–Crippen MR) is 103 cm³/mol. The molecule has 2 aliphatic rings. The van der Waals surface area contributed by atoms with E-state index in [1.165, 1.54) is 37.7 Å². The number of hydrogen-bond donors (Lipinski definition) is 1. The molecule has 1 fully saturated rings. The van der Waals surface area contributed by atoms with Crippen LogP contribution in [0.3, 0.4) is 0 Å². The van der Waals surface area contributed by atoms with Crippen LogP contribution in [0.2, 0.25) is 0 Å². The molecule has 1 N–H and O–H groups in total. The maximum absolute atomic E-state index is 11.9. The van der Waals surface area contributed by atoms with Crippen LogP contribution in [0.25, 0.3) is 0 Å². The standard InChI is InChI=1S/C19H24INO/c1-14-11-12-16(20-13-14)19(2,15-7-4-3-5-8-15)17-9-6-10-18(22)21-17/h6,9-13,15H,3-5,7-8H2,1-2H3,(H,21,22). The summed E-state index contributed by atoms with van der Waals surface area (Å²) in [5, 5.41) is 0. The summed E-state index contributed by atoms with van der Waals surface area (Å²) in [6.07, 6.45) is 11.1. The van der Waals surface area contributed by atoms with Gasteiger partial charge in [-0.15, -0.1) is 0 Å². The zero-order chi connectivity index (χ0) is 15.6. The van der Waals surface area contributed by atoms with Gasteiger partial charge in [-0.25, -0.2) is 0 Å². The first-order chi connectivity index (χ1) is 10.6. The van der Waals surface area contributed by atoms with Gasteiger partial charge in [0.15, 0.2) is 0 Å². The summed E-state index contributed by atoms with van der Waals surface area (Å²) in [7, 11) is 0. The van der Waals surface area contributed by atoms with Gasteiger partial charge in [0.05, 0.1) is 0 Å². The average Bonchev–Trinajstić information content (AvgIpc) is 2.55. The van der Waals surface area contributed by atoms with Gasteiger partial charge in [0.2, 0.25) is 5.56 Å². The maximum Gasteiger partial charge on any atom is 0.248 e. The third kappa shape index (κ3) is 3.05. The van der Waals surface area contributed by atoms with Crippen LogP contribution in [0.4, 0.5) is 0 Å². The Hall–Kier alpha value is -0.970. The summed E-state index contributed by atoms with van der Waals surface area (Å²) >= 11 is -0.0981. The highest BCUT2D eigenvalue weighted by molar-refractivity contribution is 14.2. The van der Waals surface area contributed by atoms with Gasteiger partial charge in [0.1, 0.15) is 0 Å². The van der Waals surface area contributed by atoms with E-state index in [2.05, 4.69) is 41.1 Å². The number of halogens is 1. The van der Waals surface area contributed by atoms with Crippen LogP contribution >= 0.6 is 20.7 Å². The Labute approximate surface area is 142 Å². The van der Waals surface area contributed by atoms with Gasteiger partial charge in [0.25, 0.3) is 0 Å². The number of allylic oxidation sites excluding steroid dienone is 3. The van der Waals surface area contributed by atoms with Crippen molar-refractivity contribution in [1.29, 1.82) is 0 Å². The van der Waals surface area contributed by atoms with E-state index in [-0.39, 0.29) is 31.7 Å². The molecule has 1 unspecified atom stereocenters. The molecular formula is C19H24INO. The van der Waals surface area contributed by atoms with Crippen molar-refractivity contribution < 1.29 is 0 Å². The zero-order valence-corrected chi connectivity index (χ0v) is 15.5. The van der Waals surface area contributed by atoms with Crippen molar-refractivity contribution >= 4 is 24.2 Å². The number of pyridine rings is 1. The van der Waals surface area contributed by atoms with Gasteiger partial charge in [-0.1, -0.05) is 58.2 Å². The molecule has 3 heteroatoms. The molecule has 0 aromatic carbocycles. The molecule has 2 nitrogen and oxygen atoms in total. The first kappa shape index (κ1) is 15.9. The second-order valence-corrected chi connectivity index (χ2v) is 9.02. The summed E-state index contributed by atoms with van der Waals surface area (Å²) in [5.41, 5.74) is 2.50. The van der Waals surface area contributed by atoms with Crippen LogP contribution in [-0.4, -0.2) is 8.49 Å². The number of nitrogens with one attached hydrogen (secondary N) is 1. The van der Waals surface area contributed by atoms with Crippen LogP contribution in [0.1, 0.15) is 51.6 Å². The molecule has 0 spiro atoms. The van der Waals surface area contributed by atoms with Gasteiger partial charge in [-0.3, -0.25) is 4.79 Å². The minimum Gasteiger partial charge on any atom is -0.325 e.